The number of anilines is 2. The lowest BCUT2D eigenvalue weighted by Crippen LogP contribution is -2.28. The molecule has 4 N–H and O–H groups in total. The molecule has 2 aromatic rings. The van der Waals surface area contributed by atoms with E-state index >= 15 is 0 Å². The van der Waals surface area contributed by atoms with Crippen LogP contribution in [0.3, 0.4) is 0 Å². The first-order chi connectivity index (χ1) is 11.1. The fourth-order valence-corrected chi connectivity index (χ4v) is 3.03. The summed E-state index contributed by atoms with van der Waals surface area (Å²) in [6, 6.07) is 17.5. The van der Waals surface area contributed by atoms with E-state index in [1.54, 1.807) is 0 Å². The highest BCUT2D eigenvalue weighted by molar-refractivity contribution is 5.98. The molecule has 3 rings (SSSR count). The Labute approximate surface area is 135 Å². The van der Waals surface area contributed by atoms with Crippen LogP contribution in [0.15, 0.2) is 60.2 Å². The van der Waals surface area contributed by atoms with Crippen molar-refractivity contribution in [1.29, 1.82) is 0 Å². The molecule has 0 aromatic heterocycles. The van der Waals surface area contributed by atoms with E-state index in [9.17, 15) is 9.90 Å². The maximum absolute atomic E-state index is 11.5. The van der Waals surface area contributed by atoms with Crippen LogP contribution >= 0.6 is 0 Å². The van der Waals surface area contributed by atoms with E-state index in [2.05, 4.69) is 5.32 Å². The van der Waals surface area contributed by atoms with Gasteiger partial charge in [0.1, 0.15) is 0 Å². The van der Waals surface area contributed by atoms with Crippen molar-refractivity contribution in [2.24, 2.45) is 5.73 Å². The third-order valence-electron chi connectivity index (χ3n) is 4.15. The lowest BCUT2D eigenvalue weighted by molar-refractivity contribution is -0.132. The molecule has 0 saturated carbocycles. The van der Waals surface area contributed by atoms with Crippen LogP contribution in [0.25, 0.3) is 5.57 Å². The Hall–Kier alpha value is -2.59. The molecule has 4 heteroatoms. The maximum Gasteiger partial charge on any atom is 0.331 e. The highest BCUT2D eigenvalue weighted by atomic mass is 16.4. The summed E-state index contributed by atoms with van der Waals surface area (Å²) in [4.78, 5) is 11.5. The molecule has 2 aromatic carbocycles. The van der Waals surface area contributed by atoms with E-state index in [1.165, 1.54) is 0 Å². The average Bonchev–Trinajstić information content (AvgIpc) is 2.56. The third kappa shape index (κ3) is 3.43. The molecule has 0 saturated heterocycles. The maximum atomic E-state index is 11.5. The third-order valence-corrected chi connectivity index (χ3v) is 4.15. The predicted octanol–water partition coefficient (Wildman–Crippen LogP) is 3.78. The molecule has 1 aliphatic rings. The van der Waals surface area contributed by atoms with E-state index < -0.39 is 5.97 Å². The number of nitrogens with one attached hydrogen (secondary N) is 1. The zero-order valence-corrected chi connectivity index (χ0v) is 12.8. The minimum Gasteiger partial charge on any atom is -0.478 e. The SMILES string of the molecule is NC1CCCC(C(=O)O)=C1c1ccc(Nc2ccccc2)cc1. The Morgan fingerprint density at radius 3 is 2.35 bits per heavy atom. The Morgan fingerprint density at radius 1 is 1.04 bits per heavy atom. The number of aliphatic carboxylic acids is 1. The van der Waals surface area contributed by atoms with Crippen LogP contribution in [0.1, 0.15) is 24.8 Å². The van der Waals surface area contributed by atoms with Crippen LogP contribution in [0.5, 0.6) is 0 Å². The summed E-state index contributed by atoms with van der Waals surface area (Å²) < 4.78 is 0. The van der Waals surface area contributed by atoms with Crippen molar-refractivity contribution >= 4 is 22.9 Å². The lowest BCUT2D eigenvalue weighted by Gasteiger charge is -2.24. The molecule has 0 bridgehead atoms. The number of carboxylic acid groups (broad SMARTS) is 1. The molecule has 0 radical (unpaired) electrons. The number of benzene rings is 2. The molecule has 0 amide bonds. The summed E-state index contributed by atoms with van der Waals surface area (Å²) in [7, 11) is 0. The number of para-hydroxylation sites is 1. The Bertz CT molecular complexity index is 721. The van der Waals surface area contributed by atoms with Gasteiger partial charge in [-0.25, -0.2) is 4.79 Å². The van der Waals surface area contributed by atoms with Crippen LogP contribution in [-0.2, 0) is 4.79 Å². The van der Waals surface area contributed by atoms with Crippen LogP contribution < -0.4 is 11.1 Å². The van der Waals surface area contributed by atoms with Gasteiger partial charge in [0.2, 0.25) is 0 Å². The van der Waals surface area contributed by atoms with Crippen molar-refractivity contribution in [3.8, 4) is 0 Å². The van der Waals surface area contributed by atoms with Crippen LogP contribution in [0, 0.1) is 0 Å². The monoisotopic (exact) mass is 308 g/mol. The molecule has 0 heterocycles. The van der Waals surface area contributed by atoms with Gasteiger partial charge in [0.05, 0.1) is 0 Å². The summed E-state index contributed by atoms with van der Waals surface area (Å²) >= 11 is 0. The molecule has 0 aliphatic heterocycles. The molecule has 23 heavy (non-hydrogen) atoms. The van der Waals surface area contributed by atoms with Gasteiger partial charge in [-0.1, -0.05) is 30.3 Å². The minimum absolute atomic E-state index is 0.206. The van der Waals surface area contributed by atoms with E-state index in [0.717, 1.165) is 35.4 Å². The van der Waals surface area contributed by atoms with Gasteiger partial charge in [-0.2, -0.15) is 0 Å². The average molecular weight is 308 g/mol. The summed E-state index contributed by atoms with van der Waals surface area (Å²) in [5.41, 5.74) is 10.3. The topological polar surface area (TPSA) is 75.4 Å². The van der Waals surface area contributed by atoms with Crippen LogP contribution in [0.4, 0.5) is 11.4 Å². The van der Waals surface area contributed by atoms with Gasteiger partial charge in [0.25, 0.3) is 0 Å². The lowest BCUT2D eigenvalue weighted by atomic mass is 9.84. The Kier molecular flexibility index (Phi) is 4.44. The zero-order valence-electron chi connectivity index (χ0n) is 12.8. The van der Waals surface area contributed by atoms with Crippen molar-refractivity contribution in [1.82, 2.24) is 0 Å². The molecule has 1 atom stereocenters. The quantitative estimate of drug-likeness (QED) is 0.803. The molecular weight excluding hydrogens is 288 g/mol. The van der Waals surface area contributed by atoms with Crippen LogP contribution in [0.2, 0.25) is 0 Å². The number of hydrogen-bond donors (Lipinski definition) is 3. The second-order valence-electron chi connectivity index (χ2n) is 5.76. The summed E-state index contributed by atoms with van der Waals surface area (Å²) in [6.45, 7) is 0. The number of carboxylic acids is 1. The normalized spacial score (nSPS) is 17.9. The molecule has 118 valence electrons. The minimum atomic E-state index is -0.860. The van der Waals surface area contributed by atoms with E-state index in [1.807, 2.05) is 54.6 Å². The van der Waals surface area contributed by atoms with E-state index in [-0.39, 0.29) is 6.04 Å². The van der Waals surface area contributed by atoms with Crippen molar-refractivity contribution in [3.63, 3.8) is 0 Å². The first-order valence-corrected chi connectivity index (χ1v) is 7.79. The molecule has 4 nitrogen and oxygen atoms in total. The molecule has 1 unspecified atom stereocenters. The van der Waals surface area contributed by atoms with Crippen molar-refractivity contribution < 1.29 is 9.90 Å². The standard InChI is InChI=1S/C19H20N2O2/c20-17-8-4-7-16(19(22)23)18(17)13-9-11-15(12-10-13)21-14-5-2-1-3-6-14/h1-3,5-6,9-12,17,21H,4,7-8,20H2,(H,22,23). The van der Waals surface area contributed by atoms with Gasteiger partial charge in [-0.05, 0) is 54.7 Å². The van der Waals surface area contributed by atoms with Gasteiger partial charge >= 0.3 is 5.97 Å². The summed E-state index contributed by atoms with van der Waals surface area (Å²) in [5, 5.41) is 12.7. The van der Waals surface area contributed by atoms with Crippen LogP contribution in [-0.4, -0.2) is 17.1 Å². The Morgan fingerprint density at radius 2 is 1.70 bits per heavy atom. The number of carbonyl (C=O) groups is 1. The second kappa shape index (κ2) is 6.67. The van der Waals surface area contributed by atoms with Gasteiger partial charge in [-0.15, -0.1) is 0 Å². The van der Waals surface area contributed by atoms with E-state index in [0.29, 0.717) is 12.0 Å². The second-order valence-corrected chi connectivity index (χ2v) is 5.76. The molecule has 0 fully saturated rings. The largest absolute Gasteiger partial charge is 0.478 e. The van der Waals surface area contributed by atoms with Crippen molar-refractivity contribution in [2.75, 3.05) is 5.32 Å². The van der Waals surface area contributed by atoms with Crippen molar-refractivity contribution in [3.05, 3.63) is 65.7 Å². The van der Waals surface area contributed by atoms with Gasteiger partial charge in [0.15, 0.2) is 0 Å². The fraction of sp³-hybridized carbons (Fsp3) is 0.211. The van der Waals surface area contributed by atoms with Gasteiger partial charge < -0.3 is 16.2 Å². The summed E-state index contributed by atoms with van der Waals surface area (Å²) in [6.07, 6.45) is 2.25. The zero-order chi connectivity index (χ0) is 16.2. The molecular formula is C19H20N2O2. The number of rotatable bonds is 4. The fourth-order valence-electron chi connectivity index (χ4n) is 3.03. The van der Waals surface area contributed by atoms with Crippen molar-refractivity contribution in [2.45, 2.75) is 25.3 Å². The Balaban J connectivity index is 1.87. The first-order valence-electron chi connectivity index (χ1n) is 7.79. The number of nitrogens with two attached hydrogens (primary N) is 1. The first kappa shape index (κ1) is 15.3. The number of hydrogen-bond acceptors (Lipinski definition) is 3. The highest BCUT2D eigenvalue weighted by Crippen LogP contribution is 2.32. The van der Waals surface area contributed by atoms with E-state index in [4.69, 9.17) is 5.73 Å². The highest BCUT2D eigenvalue weighted by Gasteiger charge is 2.25. The predicted molar refractivity (Wildman–Crippen MR) is 92.5 cm³/mol. The summed E-state index contributed by atoms with van der Waals surface area (Å²) in [5.74, 6) is -0.860. The van der Waals surface area contributed by atoms with Gasteiger partial charge in [0, 0.05) is 23.0 Å². The smallest absolute Gasteiger partial charge is 0.331 e. The van der Waals surface area contributed by atoms with Gasteiger partial charge in [-0.3, -0.25) is 0 Å². The molecule has 0 spiro atoms. The molecule has 1 aliphatic carbocycles.